The van der Waals surface area contributed by atoms with Gasteiger partial charge in [-0.05, 0) is 75.0 Å². The van der Waals surface area contributed by atoms with Gasteiger partial charge in [-0.3, -0.25) is 0 Å². The molecule has 0 N–H and O–H groups in total. The van der Waals surface area contributed by atoms with E-state index in [2.05, 4.69) is 146 Å². The summed E-state index contributed by atoms with van der Waals surface area (Å²) in [4.78, 5) is 15.5. The number of hydrogen-bond donors (Lipinski definition) is 0. The number of aryl methyl sites for hydroxylation is 1. The molecule has 0 radical (unpaired) electrons. The summed E-state index contributed by atoms with van der Waals surface area (Å²) in [5, 5.41) is 6.99. The van der Waals surface area contributed by atoms with Crippen molar-refractivity contribution < 1.29 is 4.42 Å². The summed E-state index contributed by atoms with van der Waals surface area (Å²) in [5.74, 6) is 1.76. The summed E-state index contributed by atoms with van der Waals surface area (Å²) in [5.41, 5.74) is 9.98. The molecular weight excluding hydrogens is 635 g/mol. The second-order valence-corrected chi connectivity index (χ2v) is 13.3. The molecule has 2 heterocycles. The summed E-state index contributed by atoms with van der Waals surface area (Å²) < 4.78 is 6.47. The zero-order valence-electron chi connectivity index (χ0n) is 28.4. The molecule has 0 unspecified atom stereocenters. The molecule has 0 amide bonds. The van der Waals surface area contributed by atoms with Crippen LogP contribution >= 0.6 is 0 Å². The van der Waals surface area contributed by atoms with E-state index in [1.807, 2.05) is 30.3 Å². The van der Waals surface area contributed by atoms with Crippen molar-refractivity contribution in [3.8, 4) is 56.4 Å². The van der Waals surface area contributed by atoms with Gasteiger partial charge >= 0.3 is 0 Å². The van der Waals surface area contributed by atoms with E-state index in [9.17, 15) is 0 Å². The van der Waals surface area contributed by atoms with Crippen LogP contribution in [-0.4, -0.2) is 15.0 Å². The summed E-state index contributed by atoms with van der Waals surface area (Å²) in [6.45, 7) is 2.11. The zero-order valence-corrected chi connectivity index (χ0v) is 28.4. The Balaban J connectivity index is 1.18. The van der Waals surface area contributed by atoms with Crippen molar-refractivity contribution >= 4 is 43.5 Å². The maximum atomic E-state index is 6.47. The van der Waals surface area contributed by atoms with Crippen LogP contribution in [0.25, 0.3) is 99.9 Å². The number of nitrogens with zero attached hydrogens (tertiary/aromatic N) is 3. The van der Waals surface area contributed by atoms with Gasteiger partial charge in [0.15, 0.2) is 17.5 Å². The van der Waals surface area contributed by atoms with E-state index in [0.29, 0.717) is 17.5 Å². The Morgan fingerprint density at radius 3 is 1.79 bits per heavy atom. The van der Waals surface area contributed by atoms with E-state index in [1.165, 1.54) is 32.7 Å². The third kappa shape index (κ3) is 5.12. The molecule has 0 saturated carbocycles. The number of hydrogen-bond acceptors (Lipinski definition) is 4. The average Bonchev–Trinajstić information content (AvgIpc) is 3.60. The molecule has 10 aromatic rings. The van der Waals surface area contributed by atoms with Gasteiger partial charge in [0.25, 0.3) is 0 Å². The van der Waals surface area contributed by atoms with Crippen molar-refractivity contribution in [3.05, 3.63) is 175 Å². The van der Waals surface area contributed by atoms with Crippen molar-refractivity contribution in [2.45, 2.75) is 6.92 Å². The van der Waals surface area contributed by atoms with Crippen LogP contribution in [0.1, 0.15) is 5.56 Å². The zero-order chi connectivity index (χ0) is 34.6. The van der Waals surface area contributed by atoms with Crippen LogP contribution in [-0.2, 0) is 0 Å². The first-order valence-electron chi connectivity index (χ1n) is 17.5. The first kappa shape index (κ1) is 30.0. The fourth-order valence-electron chi connectivity index (χ4n) is 7.39. The van der Waals surface area contributed by atoms with E-state index in [0.717, 1.165) is 55.3 Å². The highest BCUT2D eigenvalue weighted by Crippen LogP contribution is 2.38. The molecule has 0 atom stereocenters. The van der Waals surface area contributed by atoms with Gasteiger partial charge in [-0.1, -0.05) is 151 Å². The Bertz CT molecular complexity index is 2980. The van der Waals surface area contributed by atoms with Gasteiger partial charge in [0.2, 0.25) is 0 Å². The van der Waals surface area contributed by atoms with E-state index < -0.39 is 0 Å². The maximum absolute atomic E-state index is 6.47. The lowest BCUT2D eigenvalue weighted by molar-refractivity contribution is 0.669. The Labute approximate surface area is 300 Å². The van der Waals surface area contributed by atoms with Crippen molar-refractivity contribution in [1.29, 1.82) is 0 Å². The molecule has 8 aromatic carbocycles. The van der Waals surface area contributed by atoms with Gasteiger partial charge in [0.05, 0.1) is 5.56 Å². The topological polar surface area (TPSA) is 51.8 Å². The average molecular weight is 666 g/mol. The number of para-hydroxylation sites is 2. The highest BCUT2D eigenvalue weighted by atomic mass is 16.3. The summed E-state index contributed by atoms with van der Waals surface area (Å²) in [6.07, 6.45) is 0. The summed E-state index contributed by atoms with van der Waals surface area (Å²) in [6, 6.07) is 59.4. The smallest absolute Gasteiger partial charge is 0.167 e. The molecule has 4 heteroatoms. The number of furan rings is 1. The number of aromatic nitrogens is 3. The van der Waals surface area contributed by atoms with E-state index >= 15 is 0 Å². The molecule has 0 fully saturated rings. The van der Waals surface area contributed by atoms with Gasteiger partial charge in [0.1, 0.15) is 11.2 Å². The monoisotopic (exact) mass is 665 g/mol. The lowest BCUT2D eigenvalue weighted by Crippen LogP contribution is -2.00. The van der Waals surface area contributed by atoms with Crippen molar-refractivity contribution in [2.75, 3.05) is 0 Å². The molecule has 244 valence electrons. The largest absolute Gasteiger partial charge is 0.455 e. The predicted octanol–water partition coefficient (Wildman–Crippen LogP) is 12.7. The second-order valence-electron chi connectivity index (χ2n) is 13.3. The first-order chi connectivity index (χ1) is 25.7. The Morgan fingerprint density at radius 2 is 0.962 bits per heavy atom. The normalized spacial score (nSPS) is 11.6. The molecule has 0 aliphatic heterocycles. The molecular formula is C48H31N3O. The van der Waals surface area contributed by atoms with Crippen molar-refractivity contribution in [2.24, 2.45) is 0 Å². The SMILES string of the molecule is Cc1ccc(-c2cccc(-c3nc(-c4cccc(-c5cccc6ccc7ccccc7c56)c4)nc(-c4cccc5c4oc4ccccc45)n3)c2)cc1. The number of rotatable bonds is 5. The summed E-state index contributed by atoms with van der Waals surface area (Å²) in [7, 11) is 0. The van der Waals surface area contributed by atoms with Crippen LogP contribution < -0.4 is 0 Å². The van der Waals surface area contributed by atoms with E-state index in [1.54, 1.807) is 0 Å². The summed E-state index contributed by atoms with van der Waals surface area (Å²) >= 11 is 0. The highest BCUT2D eigenvalue weighted by molar-refractivity contribution is 6.14. The van der Waals surface area contributed by atoms with Crippen LogP contribution in [0.4, 0.5) is 0 Å². The van der Waals surface area contributed by atoms with Gasteiger partial charge < -0.3 is 4.42 Å². The van der Waals surface area contributed by atoms with Gasteiger partial charge in [0, 0.05) is 21.9 Å². The standard InChI is InChI=1S/C48H31N3O/c1-30-22-24-31(25-23-30)34-12-6-14-36(28-34)46-49-47(51-48(50-46)42-20-9-19-41-40-17-4-5-21-43(40)52-45(41)42)37-15-7-13-35(29-37)39-18-8-11-33-27-26-32-10-2-3-16-38(32)44(33)39/h2-29H,1H3. The van der Waals surface area contributed by atoms with Crippen LogP contribution in [0.2, 0.25) is 0 Å². The molecule has 52 heavy (non-hydrogen) atoms. The fourth-order valence-corrected chi connectivity index (χ4v) is 7.39. The van der Waals surface area contributed by atoms with E-state index in [4.69, 9.17) is 19.4 Å². The Hall–Kier alpha value is -6.91. The van der Waals surface area contributed by atoms with Gasteiger partial charge in [-0.15, -0.1) is 0 Å². The minimum absolute atomic E-state index is 0.562. The molecule has 0 spiro atoms. The third-order valence-corrected chi connectivity index (χ3v) is 9.99. The van der Waals surface area contributed by atoms with Crippen LogP contribution in [0.3, 0.4) is 0 Å². The quantitative estimate of drug-likeness (QED) is 0.172. The maximum Gasteiger partial charge on any atom is 0.167 e. The predicted molar refractivity (Wildman–Crippen MR) is 214 cm³/mol. The molecule has 4 nitrogen and oxygen atoms in total. The number of fused-ring (bicyclic) bond motifs is 6. The molecule has 0 bridgehead atoms. The highest BCUT2D eigenvalue weighted by Gasteiger charge is 2.18. The molecule has 0 aliphatic carbocycles. The second kappa shape index (κ2) is 12.1. The number of benzene rings is 8. The van der Waals surface area contributed by atoms with E-state index in [-0.39, 0.29) is 0 Å². The molecule has 10 rings (SSSR count). The lowest BCUT2D eigenvalue weighted by atomic mass is 9.93. The molecule has 2 aromatic heterocycles. The minimum Gasteiger partial charge on any atom is -0.455 e. The first-order valence-corrected chi connectivity index (χ1v) is 17.5. The van der Waals surface area contributed by atoms with Crippen LogP contribution in [0.15, 0.2) is 174 Å². The molecule has 0 aliphatic rings. The van der Waals surface area contributed by atoms with Crippen molar-refractivity contribution in [1.82, 2.24) is 15.0 Å². The van der Waals surface area contributed by atoms with Crippen molar-refractivity contribution in [3.63, 3.8) is 0 Å². The van der Waals surface area contributed by atoms with Crippen LogP contribution in [0.5, 0.6) is 0 Å². The van der Waals surface area contributed by atoms with Gasteiger partial charge in [-0.25, -0.2) is 15.0 Å². The fraction of sp³-hybridized carbons (Fsp3) is 0.0208. The third-order valence-electron chi connectivity index (χ3n) is 9.99. The van der Waals surface area contributed by atoms with Crippen LogP contribution in [0, 0.1) is 6.92 Å². The Kier molecular flexibility index (Phi) is 7.00. The lowest BCUT2D eigenvalue weighted by Gasteiger charge is -2.13. The molecule has 0 saturated heterocycles. The van der Waals surface area contributed by atoms with Gasteiger partial charge in [-0.2, -0.15) is 0 Å². The minimum atomic E-state index is 0.562. The Morgan fingerprint density at radius 1 is 0.385 bits per heavy atom.